The number of rotatable bonds is 1. The van der Waals surface area contributed by atoms with Gasteiger partial charge < -0.3 is 5.32 Å². The molecule has 18 heavy (non-hydrogen) atoms. The van der Waals surface area contributed by atoms with Gasteiger partial charge in [0.2, 0.25) is 0 Å². The zero-order valence-electron chi connectivity index (χ0n) is 9.93. The standard InChI is InChI=1S/C15H13N3/c1-2-11-5-12(9-17-8-11)15(10-16)6-13-3-4-14(7-15)18-13/h1,3-5,8-9,13-14,18H,6-7H2. The van der Waals surface area contributed by atoms with Gasteiger partial charge in [0.1, 0.15) is 0 Å². The molecule has 0 spiro atoms. The summed E-state index contributed by atoms with van der Waals surface area (Å²) in [4.78, 5) is 4.16. The molecule has 2 aliphatic rings. The van der Waals surface area contributed by atoms with Gasteiger partial charge in [-0.15, -0.1) is 6.42 Å². The van der Waals surface area contributed by atoms with E-state index in [0.717, 1.165) is 24.0 Å². The Kier molecular flexibility index (Phi) is 2.44. The van der Waals surface area contributed by atoms with E-state index in [-0.39, 0.29) is 12.1 Å². The number of nitrogens with one attached hydrogen (secondary N) is 1. The SMILES string of the molecule is C#Cc1cncc(C2(C#N)CC3C=CC(C2)N3)c1. The second kappa shape index (κ2) is 3.98. The minimum Gasteiger partial charge on any atom is -0.304 e. The zero-order chi connectivity index (χ0) is 12.6. The van der Waals surface area contributed by atoms with Gasteiger partial charge in [-0.05, 0) is 24.5 Å². The molecular weight excluding hydrogens is 222 g/mol. The van der Waals surface area contributed by atoms with Crippen LogP contribution in [0.25, 0.3) is 0 Å². The second-order valence-electron chi connectivity index (χ2n) is 4.97. The van der Waals surface area contributed by atoms with Gasteiger partial charge in [0.25, 0.3) is 0 Å². The first-order valence-corrected chi connectivity index (χ1v) is 6.03. The third-order valence-corrected chi connectivity index (χ3v) is 3.81. The van der Waals surface area contributed by atoms with E-state index in [1.54, 1.807) is 12.4 Å². The Bertz CT molecular complexity index is 574. The first-order valence-electron chi connectivity index (χ1n) is 6.03. The van der Waals surface area contributed by atoms with E-state index in [1.807, 2.05) is 6.07 Å². The summed E-state index contributed by atoms with van der Waals surface area (Å²) in [5.41, 5.74) is 1.21. The van der Waals surface area contributed by atoms with Gasteiger partial charge in [-0.3, -0.25) is 4.98 Å². The lowest BCUT2D eigenvalue weighted by Gasteiger charge is -2.36. The van der Waals surface area contributed by atoms with Crippen molar-refractivity contribution in [2.75, 3.05) is 0 Å². The number of nitriles is 1. The molecule has 1 saturated heterocycles. The quantitative estimate of drug-likeness (QED) is 0.593. The summed E-state index contributed by atoms with van der Waals surface area (Å²) in [6, 6.07) is 4.99. The molecule has 1 aromatic rings. The molecule has 2 atom stereocenters. The van der Waals surface area contributed by atoms with E-state index in [2.05, 4.69) is 34.4 Å². The molecule has 3 nitrogen and oxygen atoms in total. The van der Waals surface area contributed by atoms with Crippen LogP contribution in [-0.2, 0) is 5.41 Å². The lowest BCUT2D eigenvalue weighted by molar-refractivity contribution is 0.319. The maximum Gasteiger partial charge on any atom is 0.0873 e. The van der Waals surface area contributed by atoms with Crippen LogP contribution in [0.2, 0.25) is 0 Å². The van der Waals surface area contributed by atoms with Crippen LogP contribution < -0.4 is 5.32 Å². The average Bonchev–Trinajstić information content (AvgIpc) is 2.78. The molecule has 0 aromatic carbocycles. The van der Waals surface area contributed by atoms with Crippen molar-refractivity contribution in [2.45, 2.75) is 30.3 Å². The first kappa shape index (κ1) is 11.0. The maximum atomic E-state index is 9.64. The molecule has 3 rings (SSSR count). The molecule has 0 radical (unpaired) electrons. The third-order valence-electron chi connectivity index (χ3n) is 3.81. The van der Waals surface area contributed by atoms with Crippen LogP contribution in [0.5, 0.6) is 0 Å². The summed E-state index contributed by atoms with van der Waals surface area (Å²) in [5, 5.41) is 13.1. The van der Waals surface area contributed by atoms with Gasteiger partial charge in [-0.1, -0.05) is 18.1 Å². The van der Waals surface area contributed by atoms with Crippen LogP contribution in [-0.4, -0.2) is 17.1 Å². The van der Waals surface area contributed by atoms with Crippen LogP contribution in [0.1, 0.15) is 24.0 Å². The number of hydrogen-bond acceptors (Lipinski definition) is 3. The van der Waals surface area contributed by atoms with E-state index in [0.29, 0.717) is 0 Å². The first-order chi connectivity index (χ1) is 8.75. The topological polar surface area (TPSA) is 48.7 Å². The normalized spacial score (nSPS) is 32.8. The number of hydrogen-bond donors (Lipinski definition) is 1. The van der Waals surface area contributed by atoms with Gasteiger partial charge >= 0.3 is 0 Å². The molecule has 0 saturated carbocycles. The van der Waals surface area contributed by atoms with Crippen molar-refractivity contribution in [3.63, 3.8) is 0 Å². The molecule has 1 fully saturated rings. The molecule has 0 aliphatic carbocycles. The number of piperidine rings is 1. The van der Waals surface area contributed by atoms with Gasteiger partial charge in [-0.2, -0.15) is 5.26 Å². The number of nitrogens with zero attached hydrogens (tertiary/aromatic N) is 2. The predicted molar refractivity (Wildman–Crippen MR) is 68.5 cm³/mol. The molecule has 0 amide bonds. The van der Waals surface area contributed by atoms with E-state index in [4.69, 9.17) is 6.42 Å². The van der Waals surface area contributed by atoms with Crippen molar-refractivity contribution >= 4 is 0 Å². The Balaban J connectivity index is 2.02. The Labute approximate surface area is 107 Å². The van der Waals surface area contributed by atoms with Crippen molar-refractivity contribution in [2.24, 2.45) is 0 Å². The number of fused-ring (bicyclic) bond motifs is 2. The summed E-state index contributed by atoms with van der Waals surface area (Å²) in [6.45, 7) is 0. The van der Waals surface area contributed by atoms with Crippen molar-refractivity contribution in [3.05, 3.63) is 41.7 Å². The lowest BCUT2D eigenvalue weighted by atomic mass is 9.72. The second-order valence-corrected chi connectivity index (χ2v) is 4.97. The fourth-order valence-corrected chi connectivity index (χ4v) is 2.91. The minimum atomic E-state index is -0.468. The maximum absolute atomic E-state index is 9.64. The highest BCUT2D eigenvalue weighted by Gasteiger charge is 2.43. The van der Waals surface area contributed by atoms with Gasteiger partial charge in [0.15, 0.2) is 0 Å². The molecule has 88 valence electrons. The molecule has 2 unspecified atom stereocenters. The molecular formula is C15H13N3. The number of aromatic nitrogens is 1. The summed E-state index contributed by atoms with van der Waals surface area (Å²) < 4.78 is 0. The Hall–Kier alpha value is -2.10. The van der Waals surface area contributed by atoms with Crippen LogP contribution in [0.15, 0.2) is 30.6 Å². The van der Waals surface area contributed by atoms with Crippen molar-refractivity contribution in [1.82, 2.24) is 10.3 Å². The molecule has 1 N–H and O–H groups in total. The molecule has 2 bridgehead atoms. The molecule has 3 heteroatoms. The summed E-state index contributed by atoms with van der Waals surface area (Å²) in [6.07, 6.45) is 14.7. The predicted octanol–water partition coefficient (Wildman–Crippen LogP) is 1.51. The van der Waals surface area contributed by atoms with Gasteiger partial charge in [0, 0.05) is 30.0 Å². The van der Waals surface area contributed by atoms with Crippen LogP contribution in [0.3, 0.4) is 0 Å². The fourth-order valence-electron chi connectivity index (χ4n) is 2.91. The monoisotopic (exact) mass is 235 g/mol. The van der Waals surface area contributed by atoms with Crippen LogP contribution in [0, 0.1) is 23.7 Å². The highest BCUT2D eigenvalue weighted by atomic mass is 15.0. The Morgan fingerprint density at radius 1 is 1.33 bits per heavy atom. The summed E-state index contributed by atoms with van der Waals surface area (Å²) >= 11 is 0. The van der Waals surface area contributed by atoms with Crippen molar-refractivity contribution in [1.29, 1.82) is 5.26 Å². The largest absolute Gasteiger partial charge is 0.304 e. The van der Waals surface area contributed by atoms with Crippen LogP contribution >= 0.6 is 0 Å². The highest BCUT2D eigenvalue weighted by molar-refractivity contribution is 5.41. The van der Waals surface area contributed by atoms with Crippen molar-refractivity contribution in [3.8, 4) is 18.4 Å². The van der Waals surface area contributed by atoms with Gasteiger partial charge in [0.05, 0.1) is 11.5 Å². The molecule has 3 heterocycles. The Morgan fingerprint density at radius 3 is 2.67 bits per heavy atom. The Morgan fingerprint density at radius 2 is 2.06 bits per heavy atom. The lowest BCUT2D eigenvalue weighted by Crippen LogP contribution is -2.46. The van der Waals surface area contributed by atoms with Gasteiger partial charge in [-0.25, -0.2) is 0 Å². The fraction of sp³-hybridized carbons (Fsp3) is 0.333. The zero-order valence-corrected chi connectivity index (χ0v) is 9.93. The average molecular weight is 235 g/mol. The number of pyridine rings is 1. The molecule has 2 aliphatic heterocycles. The third kappa shape index (κ3) is 1.61. The van der Waals surface area contributed by atoms with Crippen LogP contribution in [0.4, 0.5) is 0 Å². The van der Waals surface area contributed by atoms with E-state index in [9.17, 15) is 5.26 Å². The van der Waals surface area contributed by atoms with E-state index >= 15 is 0 Å². The van der Waals surface area contributed by atoms with E-state index < -0.39 is 5.41 Å². The van der Waals surface area contributed by atoms with Crippen molar-refractivity contribution < 1.29 is 0 Å². The molecule has 1 aromatic heterocycles. The summed E-state index contributed by atoms with van der Waals surface area (Å²) in [5.74, 6) is 2.58. The summed E-state index contributed by atoms with van der Waals surface area (Å²) in [7, 11) is 0. The number of terminal acetylenes is 1. The van der Waals surface area contributed by atoms with E-state index in [1.165, 1.54) is 0 Å². The minimum absolute atomic E-state index is 0.290. The smallest absolute Gasteiger partial charge is 0.0873 e. The highest BCUT2D eigenvalue weighted by Crippen LogP contribution is 2.39.